The van der Waals surface area contributed by atoms with E-state index in [1.165, 1.54) is 12.8 Å². The number of nitrogens with one attached hydrogen (secondary N) is 1. The van der Waals surface area contributed by atoms with Crippen LogP contribution in [0.3, 0.4) is 0 Å². The molecule has 1 aliphatic carbocycles. The first-order chi connectivity index (χ1) is 7.56. The number of hydrogen-bond donors (Lipinski definition) is 1. The molecule has 16 heavy (non-hydrogen) atoms. The van der Waals surface area contributed by atoms with Gasteiger partial charge in [0, 0.05) is 13.1 Å². The number of esters is 1. The Morgan fingerprint density at radius 2 is 2.12 bits per heavy atom. The molecule has 0 heterocycles. The second-order valence-corrected chi connectivity index (χ2v) is 4.15. The molecule has 1 unspecified atom stereocenters. The van der Waals surface area contributed by atoms with Crippen LogP contribution in [0.2, 0.25) is 0 Å². The van der Waals surface area contributed by atoms with Gasteiger partial charge in [-0.1, -0.05) is 0 Å². The third-order valence-electron chi connectivity index (χ3n) is 2.92. The number of carbonyl (C=O) groups excluding carboxylic acids is 2. The maximum atomic E-state index is 11.6. The van der Waals surface area contributed by atoms with Gasteiger partial charge < -0.3 is 15.0 Å². The maximum absolute atomic E-state index is 11.6. The van der Waals surface area contributed by atoms with E-state index >= 15 is 0 Å². The maximum Gasteiger partial charge on any atom is 0.325 e. The van der Waals surface area contributed by atoms with Crippen molar-refractivity contribution >= 4 is 12.0 Å². The lowest BCUT2D eigenvalue weighted by molar-refractivity contribution is -0.141. The highest BCUT2D eigenvalue weighted by Gasteiger charge is 2.32. The van der Waals surface area contributed by atoms with Gasteiger partial charge in [0.15, 0.2) is 0 Å². The van der Waals surface area contributed by atoms with E-state index < -0.39 is 5.97 Å². The van der Waals surface area contributed by atoms with E-state index in [9.17, 15) is 9.59 Å². The average Bonchev–Trinajstić information content (AvgIpc) is 3.08. The van der Waals surface area contributed by atoms with Gasteiger partial charge in [-0.3, -0.25) is 4.79 Å². The number of rotatable bonds is 5. The molecule has 5 nitrogen and oxygen atoms in total. The summed E-state index contributed by atoms with van der Waals surface area (Å²) in [6.45, 7) is 4.04. The number of nitrogens with zero attached hydrogens (tertiary/aromatic N) is 1. The lowest BCUT2D eigenvalue weighted by Crippen LogP contribution is -2.45. The molecular weight excluding hydrogens is 208 g/mol. The number of urea groups is 1. The van der Waals surface area contributed by atoms with Crippen molar-refractivity contribution in [1.82, 2.24) is 10.2 Å². The molecule has 1 rings (SSSR count). The molecule has 92 valence electrons. The summed E-state index contributed by atoms with van der Waals surface area (Å²) in [5, 5.41) is 2.54. The van der Waals surface area contributed by atoms with Gasteiger partial charge in [0.05, 0.1) is 6.61 Å². The summed E-state index contributed by atoms with van der Waals surface area (Å²) in [6.07, 6.45) is 2.38. The monoisotopic (exact) mass is 228 g/mol. The molecule has 0 spiro atoms. The largest absolute Gasteiger partial charge is 0.465 e. The van der Waals surface area contributed by atoms with Crippen LogP contribution >= 0.6 is 0 Å². The SMILES string of the molecule is CCOC(=O)CNC(=O)N(C)C(C)C1CC1. The summed E-state index contributed by atoms with van der Waals surface area (Å²) in [5.74, 6) is 0.224. The van der Waals surface area contributed by atoms with Crippen LogP contribution in [0.4, 0.5) is 4.79 Å². The van der Waals surface area contributed by atoms with Crippen molar-refractivity contribution in [2.75, 3.05) is 20.2 Å². The first-order valence-electron chi connectivity index (χ1n) is 5.72. The molecule has 0 aromatic heterocycles. The molecule has 1 atom stereocenters. The van der Waals surface area contributed by atoms with Gasteiger partial charge in [0.2, 0.25) is 0 Å². The summed E-state index contributed by atoms with van der Waals surface area (Å²) in [7, 11) is 1.75. The molecule has 1 aliphatic rings. The number of hydrogen-bond acceptors (Lipinski definition) is 3. The molecule has 0 bridgehead atoms. The quantitative estimate of drug-likeness (QED) is 0.714. The second kappa shape index (κ2) is 5.72. The van der Waals surface area contributed by atoms with Crippen molar-refractivity contribution in [3.05, 3.63) is 0 Å². The zero-order chi connectivity index (χ0) is 12.1. The molecule has 0 radical (unpaired) electrons. The highest BCUT2D eigenvalue weighted by atomic mass is 16.5. The van der Waals surface area contributed by atoms with Gasteiger partial charge >= 0.3 is 12.0 Å². The van der Waals surface area contributed by atoms with E-state index in [4.69, 9.17) is 4.74 Å². The second-order valence-electron chi connectivity index (χ2n) is 4.15. The Balaban J connectivity index is 2.25. The fraction of sp³-hybridized carbons (Fsp3) is 0.818. The average molecular weight is 228 g/mol. The Bertz CT molecular complexity index is 264. The molecule has 0 aromatic rings. The van der Waals surface area contributed by atoms with Crippen molar-refractivity contribution < 1.29 is 14.3 Å². The van der Waals surface area contributed by atoms with Crippen LogP contribution in [-0.2, 0) is 9.53 Å². The molecule has 0 aliphatic heterocycles. The Labute approximate surface area is 96.1 Å². The summed E-state index contributed by atoms with van der Waals surface area (Å²) in [4.78, 5) is 24.3. The van der Waals surface area contributed by atoms with Gasteiger partial charge in [-0.2, -0.15) is 0 Å². The van der Waals surface area contributed by atoms with E-state index in [1.807, 2.05) is 6.92 Å². The minimum absolute atomic E-state index is 0.0611. The van der Waals surface area contributed by atoms with Gasteiger partial charge in [-0.05, 0) is 32.6 Å². The van der Waals surface area contributed by atoms with E-state index in [0.29, 0.717) is 12.5 Å². The summed E-state index contributed by atoms with van der Waals surface area (Å²) < 4.78 is 4.72. The van der Waals surface area contributed by atoms with Crippen molar-refractivity contribution in [3.63, 3.8) is 0 Å². The van der Waals surface area contributed by atoms with Crippen LogP contribution in [0, 0.1) is 5.92 Å². The van der Waals surface area contributed by atoms with E-state index in [2.05, 4.69) is 5.32 Å². The van der Waals surface area contributed by atoms with Crippen molar-refractivity contribution in [2.24, 2.45) is 5.92 Å². The van der Waals surface area contributed by atoms with Crippen LogP contribution in [0.15, 0.2) is 0 Å². The number of amides is 2. The van der Waals surface area contributed by atoms with Crippen LogP contribution in [0.1, 0.15) is 26.7 Å². The minimum atomic E-state index is -0.400. The van der Waals surface area contributed by atoms with E-state index in [-0.39, 0.29) is 18.6 Å². The predicted octanol–water partition coefficient (Wildman–Crippen LogP) is 0.989. The fourth-order valence-electron chi connectivity index (χ4n) is 1.56. The molecule has 0 saturated heterocycles. The van der Waals surface area contributed by atoms with Crippen LogP contribution in [0.5, 0.6) is 0 Å². The predicted molar refractivity (Wildman–Crippen MR) is 60.0 cm³/mol. The zero-order valence-corrected chi connectivity index (χ0v) is 10.2. The zero-order valence-electron chi connectivity index (χ0n) is 10.2. The van der Waals surface area contributed by atoms with E-state index in [0.717, 1.165) is 0 Å². The smallest absolute Gasteiger partial charge is 0.325 e. The number of ether oxygens (including phenoxy) is 1. The first-order valence-corrected chi connectivity index (χ1v) is 5.72. The fourth-order valence-corrected chi connectivity index (χ4v) is 1.56. The topological polar surface area (TPSA) is 58.6 Å². The van der Waals surface area contributed by atoms with Gasteiger partial charge in [0.25, 0.3) is 0 Å². The molecular formula is C11H20N2O3. The molecule has 0 aromatic carbocycles. The summed E-state index contributed by atoms with van der Waals surface area (Å²) in [6, 6.07) is 0.0228. The van der Waals surface area contributed by atoms with Crippen molar-refractivity contribution in [2.45, 2.75) is 32.7 Å². The lowest BCUT2D eigenvalue weighted by Gasteiger charge is -2.24. The van der Waals surface area contributed by atoms with Gasteiger partial charge in [-0.15, -0.1) is 0 Å². The third kappa shape index (κ3) is 3.72. The van der Waals surface area contributed by atoms with Crippen molar-refractivity contribution in [3.8, 4) is 0 Å². The third-order valence-corrected chi connectivity index (χ3v) is 2.92. The normalized spacial score (nSPS) is 16.4. The molecule has 1 N–H and O–H groups in total. The summed E-state index contributed by atoms with van der Waals surface area (Å²) in [5.41, 5.74) is 0. The van der Waals surface area contributed by atoms with Crippen LogP contribution in [0.25, 0.3) is 0 Å². The Kier molecular flexibility index (Phi) is 4.58. The summed E-state index contributed by atoms with van der Waals surface area (Å²) >= 11 is 0. The minimum Gasteiger partial charge on any atom is -0.465 e. The van der Waals surface area contributed by atoms with Crippen molar-refractivity contribution in [1.29, 1.82) is 0 Å². The van der Waals surface area contributed by atoms with E-state index in [1.54, 1.807) is 18.9 Å². The Morgan fingerprint density at radius 3 is 2.62 bits per heavy atom. The Morgan fingerprint density at radius 1 is 1.50 bits per heavy atom. The molecule has 5 heteroatoms. The van der Waals surface area contributed by atoms with Gasteiger partial charge in [-0.25, -0.2) is 4.79 Å². The standard InChI is InChI=1S/C11H20N2O3/c1-4-16-10(14)7-12-11(15)13(3)8(2)9-5-6-9/h8-9H,4-7H2,1-3H3,(H,12,15). The van der Waals surface area contributed by atoms with Gasteiger partial charge in [0.1, 0.15) is 6.54 Å². The molecule has 1 saturated carbocycles. The Hall–Kier alpha value is -1.26. The van der Waals surface area contributed by atoms with Crippen LogP contribution in [-0.4, -0.2) is 43.1 Å². The molecule has 2 amide bonds. The highest BCUT2D eigenvalue weighted by Crippen LogP contribution is 2.34. The van der Waals surface area contributed by atoms with Crippen LogP contribution < -0.4 is 5.32 Å². The lowest BCUT2D eigenvalue weighted by atomic mass is 10.2. The molecule has 1 fully saturated rings. The number of carbonyl (C=O) groups is 2. The highest BCUT2D eigenvalue weighted by molar-refractivity contribution is 5.80. The first kappa shape index (κ1) is 12.8.